The van der Waals surface area contributed by atoms with E-state index < -0.39 is 12.1 Å². The van der Waals surface area contributed by atoms with E-state index in [0.717, 1.165) is 44.9 Å². The third-order valence-electron chi connectivity index (χ3n) is 20.7. The lowest BCUT2D eigenvalue weighted by Crippen LogP contribution is -2.45. The summed E-state index contributed by atoms with van der Waals surface area (Å²) in [5.41, 5.74) is 0. The molecule has 0 aliphatic carbocycles. The summed E-state index contributed by atoms with van der Waals surface area (Å²) < 4.78 is 5.51. The fraction of sp³-hybridized carbons (Fsp3) is 0.910. The molecule has 6 heteroatoms. The molecule has 0 saturated heterocycles. The highest BCUT2D eigenvalue weighted by atomic mass is 16.5. The van der Waals surface area contributed by atoms with Crippen molar-refractivity contribution in [1.29, 1.82) is 0 Å². The summed E-state index contributed by atoms with van der Waals surface area (Å²) in [7, 11) is 0. The van der Waals surface area contributed by atoms with Crippen LogP contribution in [0.1, 0.15) is 495 Å². The van der Waals surface area contributed by atoms with Gasteiger partial charge in [-0.3, -0.25) is 9.59 Å². The Labute approximate surface area is 595 Å². The van der Waals surface area contributed by atoms with E-state index in [1.165, 1.54) is 424 Å². The molecule has 95 heavy (non-hydrogen) atoms. The Morgan fingerprint density at radius 2 is 0.526 bits per heavy atom. The average Bonchev–Trinajstić information content (AvgIpc) is 2.26. The molecule has 0 radical (unpaired) electrons. The topological polar surface area (TPSA) is 95.9 Å². The molecular weight excluding hydrogens is 1160 g/mol. The van der Waals surface area contributed by atoms with Gasteiger partial charge in [0, 0.05) is 12.8 Å². The number of carbonyl (C=O) groups excluding carboxylic acids is 2. The lowest BCUT2D eigenvalue weighted by atomic mass is 10.0. The molecule has 562 valence electrons. The van der Waals surface area contributed by atoms with Crippen LogP contribution in [0.4, 0.5) is 0 Å². The first-order valence-corrected chi connectivity index (χ1v) is 43.8. The lowest BCUT2D eigenvalue weighted by molar-refractivity contribution is -0.143. The van der Waals surface area contributed by atoms with Gasteiger partial charge in [-0.25, -0.2) is 0 Å². The minimum Gasteiger partial charge on any atom is -0.466 e. The lowest BCUT2D eigenvalue weighted by Gasteiger charge is -2.20. The van der Waals surface area contributed by atoms with Crippen molar-refractivity contribution in [1.82, 2.24) is 5.32 Å². The number of allylic oxidation sites excluding steroid dienone is 5. The van der Waals surface area contributed by atoms with Gasteiger partial charge in [0.2, 0.25) is 5.91 Å². The molecule has 2 unspecified atom stereocenters. The number of amides is 1. The van der Waals surface area contributed by atoms with Gasteiger partial charge in [-0.1, -0.05) is 455 Å². The number of aliphatic hydroxyl groups excluding tert-OH is 2. The predicted octanol–water partition coefficient (Wildman–Crippen LogP) is 29.3. The second-order valence-corrected chi connectivity index (χ2v) is 30.2. The minimum absolute atomic E-state index is 0.0231. The zero-order chi connectivity index (χ0) is 68.4. The van der Waals surface area contributed by atoms with Crippen LogP contribution in [0.15, 0.2) is 36.5 Å². The molecule has 3 N–H and O–H groups in total. The van der Waals surface area contributed by atoms with Gasteiger partial charge >= 0.3 is 5.97 Å². The summed E-state index contributed by atoms with van der Waals surface area (Å²) in [6, 6.07) is -0.628. The molecule has 0 spiro atoms. The van der Waals surface area contributed by atoms with Gasteiger partial charge in [0.05, 0.1) is 25.4 Å². The third kappa shape index (κ3) is 80.9. The van der Waals surface area contributed by atoms with Crippen LogP contribution in [-0.2, 0) is 14.3 Å². The van der Waals surface area contributed by atoms with Gasteiger partial charge in [0.15, 0.2) is 0 Å². The number of nitrogens with one attached hydrogen (secondary N) is 1. The van der Waals surface area contributed by atoms with Crippen molar-refractivity contribution in [2.24, 2.45) is 0 Å². The molecular formula is C89H171NO5. The second kappa shape index (κ2) is 84.5. The summed E-state index contributed by atoms with van der Waals surface area (Å²) in [5, 5.41) is 23.3. The van der Waals surface area contributed by atoms with Crippen molar-refractivity contribution >= 4 is 11.9 Å². The van der Waals surface area contributed by atoms with Gasteiger partial charge in [-0.05, 0) is 64.2 Å². The van der Waals surface area contributed by atoms with Gasteiger partial charge in [0.25, 0.3) is 0 Å². The van der Waals surface area contributed by atoms with Crippen LogP contribution < -0.4 is 5.32 Å². The van der Waals surface area contributed by atoms with E-state index in [-0.39, 0.29) is 18.5 Å². The number of aliphatic hydroxyl groups is 2. The molecule has 0 aromatic carbocycles. The normalized spacial score (nSPS) is 12.6. The van der Waals surface area contributed by atoms with Crippen LogP contribution in [0.5, 0.6) is 0 Å². The van der Waals surface area contributed by atoms with E-state index in [0.29, 0.717) is 19.4 Å². The van der Waals surface area contributed by atoms with Crippen LogP contribution in [0.2, 0.25) is 0 Å². The molecule has 0 saturated carbocycles. The fourth-order valence-corrected chi connectivity index (χ4v) is 14.0. The van der Waals surface area contributed by atoms with Crippen molar-refractivity contribution in [2.45, 2.75) is 508 Å². The van der Waals surface area contributed by atoms with Crippen molar-refractivity contribution in [3.63, 3.8) is 0 Å². The van der Waals surface area contributed by atoms with Crippen molar-refractivity contribution in [3.05, 3.63) is 36.5 Å². The van der Waals surface area contributed by atoms with Crippen LogP contribution in [0, 0.1) is 0 Å². The Morgan fingerprint density at radius 3 is 0.800 bits per heavy atom. The molecule has 0 rings (SSSR count). The van der Waals surface area contributed by atoms with Gasteiger partial charge in [0.1, 0.15) is 0 Å². The Kier molecular flexibility index (Phi) is 82.8. The molecule has 0 bridgehead atoms. The van der Waals surface area contributed by atoms with E-state index in [1.807, 2.05) is 6.08 Å². The summed E-state index contributed by atoms with van der Waals surface area (Å²) in [6.07, 6.45) is 112. The SMILES string of the molecule is CCCCCCCCCCCCCCCCCCCCCCCCC/C=C/C(O)C(CO)NC(=O)CCCCCCCCCCCCCCCCCCC/C=C\C/C=C\CCCCCCCCCCCCCCCOC(=O)CCCCCCCCCCCCCCCCCC. The van der Waals surface area contributed by atoms with Crippen LogP contribution in [-0.4, -0.2) is 47.4 Å². The molecule has 2 atom stereocenters. The Hall–Kier alpha value is -1.92. The molecule has 0 aromatic rings. The van der Waals surface area contributed by atoms with Crippen LogP contribution in [0.3, 0.4) is 0 Å². The minimum atomic E-state index is -0.845. The van der Waals surface area contributed by atoms with E-state index >= 15 is 0 Å². The summed E-state index contributed by atoms with van der Waals surface area (Å²) >= 11 is 0. The summed E-state index contributed by atoms with van der Waals surface area (Å²) in [6.45, 7) is 4.97. The number of rotatable bonds is 83. The predicted molar refractivity (Wildman–Crippen MR) is 421 cm³/mol. The Balaban J connectivity index is 3.38. The highest BCUT2D eigenvalue weighted by molar-refractivity contribution is 5.76. The van der Waals surface area contributed by atoms with Crippen molar-refractivity contribution in [2.75, 3.05) is 13.2 Å². The molecule has 0 heterocycles. The highest BCUT2D eigenvalue weighted by Gasteiger charge is 2.18. The number of unbranched alkanes of at least 4 members (excludes halogenated alkanes) is 68. The molecule has 0 aliphatic rings. The quantitative estimate of drug-likeness (QED) is 0.0320. The maximum absolute atomic E-state index is 12.6. The highest BCUT2D eigenvalue weighted by Crippen LogP contribution is 2.21. The van der Waals surface area contributed by atoms with E-state index in [2.05, 4.69) is 43.5 Å². The number of hydrogen-bond acceptors (Lipinski definition) is 5. The van der Waals surface area contributed by atoms with Crippen molar-refractivity contribution < 1.29 is 24.5 Å². The second-order valence-electron chi connectivity index (χ2n) is 30.2. The monoisotopic (exact) mass is 1330 g/mol. The zero-order valence-electron chi connectivity index (χ0n) is 64.7. The molecule has 6 nitrogen and oxygen atoms in total. The van der Waals surface area contributed by atoms with Crippen molar-refractivity contribution in [3.8, 4) is 0 Å². The molecule has 1 amide bonds. The zero-order valence-corrected chi connectivity index (χ0v) is 64.7. The maximum atomic E-state index is 12.6. The van der Waals surface area contributed by atoms with Gasteiger partial charge in [-0.2, -0.15) is 0 Å². The van der Waals surface area contributed by atoms with Crippen LogP contribution >= 0.6 is 0 Å². The first-order chi connectivity index (χ1) is 47.0. The van der Waals surface area contributed by atoms with Gasteiger partial charge in [-0.15, -0.1) is 0 Å². The molecule has 0 fully saturated rings. The summed E-state index contributed by atoms with van der Waals surface area (Å²) in [5.74, 6) is -0.0365. The first-order valence-electron chi connectivity index (χ1n) is 43.8. The largest absolute Gasteiger partial charge is 0.466 e. The maximum Gasteiger partial charge on any atom is 0.305 e. The van der Waals surface area contributed by atoms with E-state index in [9.17, 15) is 19.8 Å². The van der Waals surface area contributed by atoms with Gasteiger partial charge < -0.3 is 20.3 Å². The third-order valence-corrected chi connectivity index (χ3v) is 20.7. The van der Waals surface area contributed by atoms with E-state index in [4.69, 9.17) is 4.74 Å². The Morgan fingerprint density at radius 1 is 0.295 bits per heavy atom. The Bertz CT molecular complexity index is 1540. The number of hydrogen-bond donors (Lipinski definition) is 3. The molecule has 0 aromatic heterocycles. The first kappa shape index (κ1) is 93.1. The smallest absolute Gasteiger partial charge is 0.305 e. The van der Waals surface area contributed by atoms with Crippen LogP contribution in [0.25, 0.3) is 0 Å². The molecule has 0 aliphatic heterocycles. The number of ether oxygens (including phenoxy) is 1. The average molecular weight is 1340 g/mol. The summed E-state index contributed by atoms with van der Waals surface area (Å²) in [4.78, 5) is 24.7. The standard InChI is InChI=1S/C89H171NO5/c1-3-5-7-9-11-13-15-17-19-21-22-23-24-38-41-44-47-50-53-57-61-65-69-73-77-81-87(92)86(85-91)90-88(93)82-78-74-70-66-62-58-54-51-48-45-42-39-36-34-32-30-28-26-25-27-29-31-33-35-37-40-43-46-49-52-56-60-64-68-72-76-80-84-95-89(94)83-79-75-71-67-63-59-55-20-18-16-14-12-10-8-6-4-2/h25,27,31,33,77,81,86-87,91-92H,3-24,26,28-30,32,34-76,78-80,82-85H2,1-2H3,(H,90,93)/b27-25-,33-31-,81-77+. The van der Waals surface area contributed by atoms with E-state index in [1.54, 1.807) is 6.08 Å². The fourth-order valence-electron chi connectivity index (χ4n) is 14.0. The number of carbonyl (C=O) groups is 2. The number of esters is 1.